The summed E-state index contributed by atoms with van der Waals surface area (Å²) in [6.45, 7) is 1.24. The Morgan fingerprint density at radius 1 is 1.27 bits per heavy atom. The number of phenols is 1. The zero-order valence-corrected chi connectivity index (χ0v) is 11.9. The summed E-state index contributed by atoms with van der Waals surface area (Å²) >= 11 is 0. The van der Waals surface area contributed by atoms with Crippen LogP contribution in [0.3, 0.4) is 0 Å². The number of fused-ring (bicyclic) bond motifs is 2. The van der Waals surface area contributed by atoms with Gasteiger partial charge in [0, 0.05) is 19.1 Å². The van der Waals surface area contributed by atoms with Crippen molar-refractivity contribution in [3.05, 3.63) is 40.6 Å². The molecule has 0 atom stereocenters. The van der Waals surface area contributed by atoms with Crippen LogP contribution in [-0.4, -0.2) is 18.2 Å². The second kappa shape index (κ2) is 5.07. The highest BCUT2D eigenvalue weighted by Crippen LogP contribution is 2.33. The van der Waals surface area contributed by atoms with E-state index in [4.69, 9.17) is 13.9 Å². The first-order valence-electron chi connectivity index (χ1n) is 6.46. The Bertz CT molecular complexity index is 954. The molecule has 1 heterocycles. The maximum absolute atomic E-state index is 12.5. The Morgan fingerprint density at radius 3 is 2.73 bits per heavy atom. The van der Waals surface area contributed by atoms with Gasteiger partial charge in [-0.3, -0.25) is 9.59 Å². The average molecular weight is 300 g/mol. The first-order valence-corrected chi connectivity index (χ1v) is 6.46. The standard InChI is InChI=1S/C16H12O6/c1-8(17)21-9-6-11(18)14-13(7-9)22-16-10(15(14)19)4-3-5-12(16)20-2/h3-7,18H,1-2H3. The molecule has 22 heavy (non-hydrogen) atoms. The third-order valence-corrected chi connectivity index (χ3v) is 3.20. The number of hydrogen-bond acceptors (Lipinski definition) is 6. The van der Waals surface area contributed by atoms with Gasteiger partial charge in [0.2, 0.25) is 5.43 Å². The summed E-state index contributed by atoms with van der Waals surface area (Å²) in [7, 11) is 1.46. The average Bonchev–Trinajstić information content (AvgIpc) is 2.45. The summed E-state index contributed by atoms with van der Waals surface area (Å²) in [5.41, 5.74) is -0.0119. The molecule has 0 amide bonds. The predicted octanol–water partition coefficient (Wildman–Crippen LogP) is 2.59. The van der Waals surface area contributed by atoms with E-state index in [1.54, 1.807) is 18.2 Å². The van der Waals surface area contributed by atoms with Crippen molar-refractivity contribution in [3.8, 4) is 17.2 Å². The fraction of sp³-hybridized carbons (Fsp3) is 0.125. The quantitative estimate of drug-likeness (QED) is 0.445. The number of carbonyl (C=O) groups is 1. The topological polar surface area (TPSA) is 86.0 Å². The molecule has 112 valence electrons. The molecule has 1 aromatic heterocycles. The van der Waals surface area contributed by atoms with Gasteiger partial charge in [-0.1, -0.05) is 6.07 Å². The fourth-order valence-corrected chi connectivity index (χ4v) is 2.32. The monoisotopic (exact) mass is 300 g/mol. The molecule has 0 unspecified atom stereocenters. The van der Waals surface area contributed by atoms with Gasteiger partial charge in [-0.25, -0.2) is 0 Å². The SMILES string of the molecule is COc1cccc2c(=O)c3c(O)cc(OC(C)=O)cc3oc12. The summed E-state index contributed by atoms with van der Waals surface area (Å²) in [6.07, 6.45) is 0. The Morgan fingerprint density at radius 2 is 2.05 bits per heavy atom. The fourth-order valence-electron chi connectivity index (χ4n) is 2.32. The number of benzene rings is 2. The van der Waals surface area contributed by atoms with E-state index in [2.05, 4.69) is 0 Å². The van der Waals surface area contributed by atoms with Gasteiger partial charge in [0.05, 0.1) is 12.5 Å². The van der Waals surface area contributed by atoms with Crippen LogP contribution in [0.4, 0.5) is 0 Å². The maximum Gasteiger partial charge on any atom is 0.308 e. The van der Waals surface area contributed by atoms with Crippen molar-refractivity contribution in [1.29, 1.82) is 0 Å². The highest BCUT2D eigenvalue weighted by molar-refractivity contribution is 5.95. The number of esters is 1. The van der Waals surface area contributed by atoms with E-state index < -0.39 is 5.97 Å². The normalized spacial score (nSPS) is 10.8. The first kappa shape index (κ1) is 13.9. The molecule has 0 radical (unpaired) electrons. The molecule has 1 N–H and O–H groups in total. The summed E-state index contributed by atoms with van der Waals surface area (Å²) < 4.78 is 15.8. The molecule has 6 nitrogen and oxygen atoms in total. The molecule has 0 aliphatic carbocycles. The predicted molar refractivity (Wildman–Crippen MR) is 79.5 cm³/mol. The van der Waals surface area contributed by atoms with E-state index in [0.717, 1.165) is 0 Å². The molecule has 0 saturated carbocycles. The highest BCUT2D eigenvalue weighted by Gasteiger charge is 2.16. The Hall–Kier alpha value is -3.02. The number of hydrogen-bond donors (Lipinski definition) is 1. The summed E-state index contributed by atoms with van der Waals surface area (Å²) in [5.74, 6) is -0.365. The molecule has 0 fully saturated rings. The minimum absolute atomic E-state index is 0.0247. The lowest BCUT2D eigenvalue weighted by atomic mass is 10.1. The Labute approximate surface area is 124 Å². The number of aromatic hydroxyl groups is 1. The van der Waals surface area contributed by atoms with Crippen molar-refractivity contribution >= 4 is 27.9 Å². The minimum atomic E-state index is -0.542. The van der Waals surface area contributed by atoms with E-state index in [-0.39, 0.29) is 33.5 Å². The smallest absolute Gasteiger partial charge is 0.308 e. The van der Waals surface area contributed by atoms with E-state index in [0.29, 0.717) is 11.1 Å². The van der Waals surface area contributed by atoms with Gasteiger partial charge in [-0.2, -0.15) is 0 Å². The molecule has 0 saturated heterocycles. The van der Waals surface area contributed by atoms with Crippen molar-refractivity contribution < 1.29 is 23.8 Å². The van der Waals surface area contributed by atoms with Crippen LogP contribution >= 0.6 is 0 Å². The van der Waals surface area contributed by atoms with Crippen molar-refractivity contribution in [1.82, 2.24) is 0 Å². The van der Waals surface area contributed by atoms with E-state index >= 15 is 0 Å². The van der Waals surface area contributed by atoms with Crippen molar-refractivity contribution in [3.63, 3.8) is 0 Å². The van der Waals surface area contributed by atoms with Crippen LogP contribution < -0.4 is 14.9 Å². The minimum Gasteiger partial charge on any atom is -0.507 e. The number of para-hydroxylation sites is 1. The van der Waals surface area contributed by atoms with E-state index in [1.165, 1.54) is 26.2 Å². The van der Waals surface area contributed by atoms with Crippen molar-refractivity contribution in [2.45, 2.75) is 6.92 Å². The van der Waals surface area contributed by atoms with Gasteiger partial charge < -0.3 is 19.0 Å². The molecule has 6 heteroatoms. The molecule has 0 spiro atoms. The summed E-state index contributed by atoms with van der Waals surface area (Å²) in [6, 6.07) is 7.49. The van der Waals surface area contributed by atoms with Gasteiger partial charge >= 0.3 is 5.97 Å². The number of methoxy groups -OCH3 is 1. The van der Waals surface area contributed by atoms with Gasteiger partial charge in [-0.05, 0) is 12.1 Å². The molecule has 3 rings (SSSR count). The molecule has 0 bridgehead atoms. The van der Waals surface area contributed by atoms with Gasteiger partial charge in [-0.15, -0.1) is 0 Å². The van der Waals surface area contributed by atoms with Gasteiger partial charge in [0.25, 0.3) is 0 Å². The second-order valence-corrected chi connectivity index (χ2v) is 4.68. The van der Waals surface area contributed by atoms with Crippen LogP contribution in [0.15, 0.2) is 39.5 Å². The summed E-state index contributed by atoms with van der Waals surface area (Å²) in [4.78, 5) is 23.6. The Balaban J connectivity index is 2.41. The van der Waals surface area contributed by atoms with Gasteiger partial charge in [0.15, 0.2) is 11.3 Å². The maximum atomic E-state index is 12.5. The lowest BCUT2D eigenvalue weighted by Crippen LogP contribution is -2.05. The third kappa shape index (κ3) is 2.14. The lowest BCUT2D eigenvalue weighted by Gasteiger charge is -2.08. The van der Waals surface area contributed by atoms with Crippen LogP contribution in [0.5, 0.6) is 17.2 Å². The van der Waals surface area contributed by atoms with E-state index in [9.17, 15) is 14.7 Å². The summed E-state index contributed by atoms with van der Waals surface area (Å²) in [5, 5.41) is 10.4. The number of carbonyl (C=O) groups excluding carboxylic acids is 1. The zero-order chi connectivity index (χ0) is 15.9. The Kier molecular flexibility index (Phi) is 3.21. The van der Waals surface area contributed by atoms with Crippen LogP contribution in [0.25, 0.3) is 21.9 Å². The molecule has 0 aliphatic rings. The van der Waals surface area contributed by atoms with Crippen LogP contribution in [0, 0.1) is 0 Å². The third-order valence-electron chi connectivity index (χ3n) is 3.20. The zero-order valence-electron chi connectivity index (χ0n) is 11.9. The molecule has 3 aromatic rings. The number of phenolic OH excluding ortho intramolecular Hbond substituents is 1. The van der Waals surface area contributed by atoms with Crippen LogP contribution in [-0.2, 0) is 4.79 Å². The van der Waals surface area contributed by atoms with Crippen LogP contribution in [0.2, 0.25) is 0 Å². The number of ether oxygens (including phenoxy) is 2. The molecule has 0 aliphatic heterocycles. The van der Waals surface area contributed by atoms with Crippen molar-refractivity contribution in [2.75, 3.05) is 7.11 Å². The second-order valence-electron chi connectivity index (χ2n) is 4.68. The molecular weight excluding hydrogens is 288 g/mol. The molecule has 2 aromatic carbocycles. The largest absolute Gasteiger partial charge is 0.507 e. The molecular formula is C16H12O6. The lowest BCUT2D eigenvalue weighted by molar-refractivity contribution is -0.131. The van der Waals surface area contributed by atoms with E-state index in [1.807, 2.05) is 0 Å². The van der Waals surface area contributed by atoms with Gasteiger partial charge in [0.1, 0.15) is 22.5 Å². The highest BCUT2D eigenvalue weighted by atomic mass is 16.5. The number of rotatable bonds is 2. The van der Waals surface area contributed by atoms with Crippen LogP contribution in [0.1, 0.15) is 6.92 Å². The first-order chi connectivity index (χ1) is 10.5. The van der Waals surface area contributed by atoms with Crippen molar-refractivity contribution in [2.24, 2.45) is 0 Å².